The first-order valence-corrected chi connectivity index (χ1v) is 8.05. The van der Waals surface area contributed by atoms with Gasteiger partial charge in [0.2, 0.25) is 0 Å². The van der Waals surface area contributed by atoms with Crippen LogP contribution in [0.1, 0.15) is 19.8 Å². The molecule has 6 nitrogen and oxygen atoms in total. The molecule has 1 atom stereocenters. The molecule has 1 aromatic heterocycles. The van der Waals surface area contributed by atoms with Gasteiger partial charge in [-0.2, -0.15) is 5.10 Å². The number of nitrogens with one attached hydrogen (secondary N) is 1. The summed E-state index contributed by atoms with van der Waals surface area (Å²) in [7, 11) is 3.94. The van der Waals surface area contributed by atoms with Crippen LogP contribution in [0, 0.1) is 5.92 Å². The van der Waals surface area contributed by atoms with Gasteiger partial charge in [-0.15, -0.1) is 0 Å². The monoisotopic (exact) mass is 357 g/mol. The van der Waals surface area contributed by atoms with E-state index >= 15 is 0 Å². The third-order valence-corrected chi connectivity index (χ3v) is 4.83. The van der Waals surface area contributed by atoms with Crippen LogP contribution in [-0.2, 0) is 6.54 Å². The van der Waals surface area contributed by atoms with Crippen LogP contribution < -0.4 is 16.6 Å². The minimum atomic E-state index is -0.174. The lowest BCUT2D eigenvalue weighted by molar-refractivity contribution is 0.367. The largest absolute Gasteiger partial charge is 0.376 e. The summed E-state index contributed by atoms with van der Waals surface area (Å²) in [5.74, 6) is 0.575. The Labute approximate surface area is 133 Å². The summed E-state index contributed by atoms with van der Waals surface area (Å²) in [5, 5.41) is 7.66. The molecule has 0 radical (unpaired) electrons. The maximum Gasteiger partial charge on any atom is 0.283 e. The van der Waals surface area contributed by atoms with E-state index in [0.29, 0.717) is 23.5 Å². The van der Waals surface area contributed by atoms with Gasteiger partial charge in [0, 0.05) is 18.6 Å². The zero-order valence-electron chi connectivity index (χ0n) is 12.9. The van der Waals surface area contributed by atoms with Crippen LogP contribution in [0.3, 0.4) is 0 Å². The Morgan fingerprint density at radius 2 is 2.24 bits per heavy atom. The first kappa shape index (κ1) is 16.5. The van der Waals surface area contributed by atoms with E-state index in [1.54, 1.807) is 6.20 Å². The first-order valence-electron chi connectivity index (χ1n) is 7.26. The van der Waals surface area contributed by atoms with Crippen molar-refractivity contribution in [3.8, 4) is 0 Å². The standard InChI is InChI=1S/C14H24BrN5O/c1-14(9-16,10-4-5-10)18-11-8-17-20(7-6-19(2)3)13(21)12(11)15/h8,10,18H,4-7,9,16H2,1-3H3. The van der Waals surface area contributed by atoms with E-state index in [-0.39, 0.29) is 11.1 Å². The zero-order valence-corrected chi connectivity index (χ0v) is 14.5. The number of nitrogens with two attached hydrogens (primary N) is 1. The molecular formula is C14H24BrN5O. The van der Waals surface area contributed by atoms with Crippen LogP contribution in [-0.4, -0.2) is 47.4 Å². The van der Waals surface area contributed by atoms with Crippen molar-refractivity contribution in [1.29, 1.82) is 0 Å². The smallest absolute Gasteiger partial charge is 0.283 e. The normalized spacial score (nSPS) is 17.8. The summed E-state index contributed by atoms with van der Waals surface area (Å²) in [5.41, 5.74) is 6.34. The Hall–Kier alpha value is -0.920. The van der Waals surface area contributed by atoms with Crippen LogP contribution in [0.2, 0.25) is 0 Å². The van der Waals surface area contributed by atoms with Crippen molar-refractivity contribution >= 4 is 21.6 Å². The van der Waals surface area contributed by atoms with Crippen molar-refractivity contribution in [3.63, 3.8) is 0 Å². The molecule has 0 bridgehead atoms. The molecule has 3 N–H and O–H groups in total. The van der Waals surface area contributed by atoms with Crippen LogP contribution in [0.15, 0.2) is 15.5 Å². The molecule has 1 unspecified atom stereocenters. The lowest BCUT2D eigenvalue weighted by atomic mass is 9.96. The van der Waals surface area contributed by atoms with Gasteiger partial charge < -0.3 is 16.0 Å². The van der Waals surface area contributed by atoms with E-state index in [1.807, 2.05) is 19.0 Å². The van der Waals surface area contributed by atoms with E-state index < -0.39 is 0 Å². The van der Waals surface area contributed by atoms with Gasteiger partial charge in [0.15, 0.2) is 0 Å². The third-order valence-electron chi connectivity index (χ3n) is 4.07. The van der Waals surface area contributed by atoms with Gasteiger partial charge in [0.1, 0.15) is 4.47 Å². The molecule has 0 amide bonds. The van der Waals surface area contributed by atoms with Crippen molar-refractivity contribution in [1.82, 2.24) is 14.7 Å². The summed E-state index contributed by atoms with van der Waals surface area (Å²) in [6, 6.07) is 0. The third kappa shape index (κ3) is 3.84. The maximum absolute atomic E-state index is 12.3. The predicted molar refractivity (Wildman–Crippen MR) is 88.6 cm³/mol. The highest BCUT2D eigenvalue weighted by Gasteiger charge is 2.40. The average molecular weight is 358 g/mol. The van der Waals surface area contributed by atoms with Crippen molar-refractivity contribution in [2.45, 2.75) is 31.8 Å². The number of anilines is 1. The molecule has 0 saturated heterocycles. The Bertz CT molecular complexity index is 555. The summed E-state index contributed by atoms with van der Waals surface area (Å²) >= 11 is 3.40. The van der Waals surface area contributed by atoms with Crippen molar-refractivity contribution in [2.75, 3.05) is 32.5 Å². The molecule has 118 valence electrons. The van der Waals surface area contributed by atoms with E-state index in [1.165, 1.54) is 17.5 Å². The molecule has 1 fully saturated rings. The highest BCUT2D eigenvalue weighted by molar-refractivity contribution is 9.10. The van der Waals surface area contributed by atoms with E-state index in [4.69, 9.17) is 5.73 Å². The van der Waals surface area contributed by atoms with Crippen molar-refractivity contribution in [3.05, 3.63) is 21.0 Å². The van der Waals surface area contributed by atoms with Crippen LogP contribution in [0.5, 0.6) is 0 Å². The fourth-order valence-corrected chi connectivity index (χ4v) is 2.76. The van der Waals surface area contributed by atoms with Crippen LogP contribution >= 0.6 is 15.9 Å². The van der Waals surface area contributed by atoms with E-state index in [2.05, 4.69) is 33.3 Å². The van der Waals surface area contributed by atoms with Gasteiger partial charge >= 0.3 is 0 Å². The SMILES string of the molecule is CN(C)CCn1ncc(NC(C)(CN)C2CC2)c(Br)c1=O. The Morgan fingerprint density at radius 1 is 1.57 bits per heavy atom. The maximum atomic E-state index is 12.3. The molecule has 7 heteroatoms. The van der Waals surface area contributed by atoms with E-state index in [0.717, 1.165) is 12.2 Å². The van der Waals surface area contributed by atoms with Gasteiger partial charge in [0.05, 0.1) is 18.4 Å². The number of halogens is 1. The molecule has 1 aliphatic rings. The van der Waals surface area contributed by atoms with Crippen molar-refractivity contribution < 1.29 is 0 Å². The first-order chi connectivity index (χ1) is 9.87. The summed E-state index contributed by atoms with van der Waals surface area (Å²) in [6.07, 6.45) is 4.08. The second kappa shape index (κ2) is 6.46. The Morgan fingerprint density at radius 3 is 2.76 bits per heavy atom. The molecule has 1 heterocycles. The Balaban J connectivity index is 2.18. The number of likely N-dealkylation sites (N-methyl/N-ethyl adjacent to an activating group) is 1. The molecule has 0 aliphatic heterocycles. The number of rotatable bonds is 7. The van der Waals surface area contributed by atoms with Gasteiger partial charge in [-0.05, 0) is 55.7 Å². The molecule has 1 aliphatic carbocycles. The molecule has 2 rings (SSSR count). The Kier molecular flexibility index (Phi) is 5.06. The second-order valence-electron chi connectivity index (χ2n) is 6.22. The lowest BCUT2D eigenvalue weighted by Crippen LogP contribution is -2.45. The quantitative estimate of drug-likeness (QED) is 0.764. The molecule has 1 aromatic rings. The highest BCUT2D eigenvalue weighted by atomic mass is 79.9. The molecule has 1 saturated carbocycles. The minimum absolute atomic E-state index is 0.114. The summed E-state index contributed by atoms with van der Waals surface area (Å²) in [6.45, 7) is 3.98. The molecule has 21 heavy (non-hydrogen) atoms. The summed E-state index contributed by atoms with van der Waals surface area (Å²) in [4.78, 5) is 14.3. The van der Waals surface area contributed by atoms with Gasteiger partial charge in [-0.1, -0.05) is 0 Å². The summed E-state index contributed by atoms with van der Waals surface area (Å²) < 4.78 is 2.00. The van der Waals surface area contributed by atoms with Crippen LogP contribution in [0.25, 0.3) is 0 Å². The van der Waals surface area contributed by atoms with Gasteiger partial charge in [0.25, 0.3) is 5.56 Å². The predicted octanol–water partition coefficient (Wildman–Crippen LogP) is 1.11. The fraction of sp³-hybridized carbons (Fsp3) is 0.714. The zero-order chi connectivity index (χ0) is 15.6. The lowest BCUT2D eigenvalue weighted by Gasteiger charge is -2.31. The second-order valence-corrected chi connectivity index (χ2v) is 7.02. The number of hydrogen-bond acceptors (Lipinski definition) is 5. The number of aromatic nitrogens is 2. The van der Waals surface area contributed by atoms with E-state index in [9.17, 15) is 4.79 Å². The van der Waals surface area contributed by atoms with Crippen LogP contribution in [0.4, 0.5) is 5.69 Å². The fourth-order valence-electron chi connectivity index (χ4n) is 2.35. The van der Waals surface area contributed by atoms with Crippen molar-refractivity contribution in [2.24, 2.45) is 11.7 Å². The molecular weight excluding hydrogens is 334 g/mol. The topological polar surface area (TPSA) is 76.2 Å². The molecule has 0 aromatic carbocycles. The number of hydrogen-bond donors (Lipinski definition) is 2. The molecule has 0 spiro atoms. The average Bonchev–Trinajstić information content (AvgIpc) is 3.27. The number of nitrogens with zero attached hydrogens (tertiary/aromatic N) is 3. The van der Waals surface area contributed by atoms with Gasteiger partial charge in [-0.3, -0.25) is 4.79 Å². The minimum Gasteiger partial charge on any atom is -0.376 e. The highest BCUT2D eigenvalue weighted by Crippen LogP contribution is 2.41. The van der Waals surface area contributed by atoms with Gasteiger partial charge in [-0.25, -0.2) is 4.68 Å².